The first-order valence-electron chi connectivity index (χ1n) is 9.24. The predicted octanol–water partition coefficient (Wildman–Crippen LogP) is 4.34. The van der Waals surface area contributed by atoms with E-state index in [0.717, 1.165) is 61.8 Å². The zero-order valence-corrected chi connectivity index (χ0v) is 16.2. The van der Waals surface area contributed by atoms with E-state index in [4.69, 9.17) is 6.57 Å². The number of amides is 2. The van der Waals surface area contributed by atoms with Crippen LogP contribution in [-0.4, -0.2) is 10.2 Å². The summed E-state index contributed by atoms with van der Waals surface area (Å²) in [6.07, 6.45) is 5.57. The van der Waals surface area contributed by atoms with E-state index in [2.05, 4.69) is 25.5 Å². The van der Waals surface area contributed by atoms with Crippen LogP contribution in [0.1, 0.15) is 35.1 Å². The molecular formula is C20H18F2N4O2S. The lowest BCUT2D eigenvalue weighted by molar-refractivity contribution is 0.256. The van der Waals surface area contributed by atoms with Gasteiger partial charge in [0.1, 0.15) is 16.5 Å². The molecule has 2 aromatic rings. The third kappa shape index (κ3) is 3.56. The van der Waals surface area contributed by atoms with E-state index in [1.807, 2.05) is 0 Å². The number of nitrogens with zero attached hydrogens (tertiary/aromatic N) is 2. The predicted molar refractivity (Wildman–Crippen MR) is 104 cm³/mol. The van der Waals surface area contributed by atoms with Crippen LogP contribution in [0.15, 0.2) is 33.6 Å². The third-order valence-electron chi connectivity index (χ3n) is 5.29. The van der Waals surface area contributed by atoms with E-state index in [-0.39, 0.29) is 0 Å². The normalized spacial score (nSPS) is 16.3. The quantitative estimate of drug-likeness (QED) is 0.577. The number of halogens is 2. The average Bonchev–Trinajstić information content (AvgIpc) is 3.30. The second kappa shape index (κ2) is 7.44. The Morgan fingerprint density at radius 3 is 2.31 bits per heavy atom. The molecule has 2 N–H and O–H groups in total. The summed E-state index contributed by atoms with van der Waals surface area (Å²) in [6.45, 7) is 6.90. The number of aryl methyl sites for hydroxylation is 2. The zero-order chi connectivity index (χ0) is 20.6. The summed E-state index contributed by atoms with van der Waals surface area (Å²) in [6, 6.07) is 3.71. The molecule has 0 spiro atoms. The molecular weight excluding hydrogens is 398 g/mol. The molecule has 0 aromatic heterocycles. The summed E-state index contributed by atoms with van der Waals surface area (Å²) < 4.78 is 45.8. The van der Waals surface area contributed by atoms with Gasteiger partial charge in [-0.05, 0) is 72.9 Å². The van der Waals surface area contributed by atoms with Crippen molar-refractivity contribution in [3.8, 4) is 0 Å². The number of urea groups is 1. The fraction of sp³-hybridized carbons (Fsp3) is 0.300. The lowest BCUT2D eigenvalue weighted by Crippen LogP contribution is -2.35. The van der Waals surface area contributed by atoms with Crippen LogP contribution in [0.2, 0.25) is 0 Å². The Bertz CT molecular complexity index is 1150. The summed E-state index contributed by atoms with van der Waals surface area (Å²) in [5, 5.41) is 2.77. The molecule has 1 unspecified atom stereocenters. The number of carbonyl (C=O) groups is 1. The first-order valence-corrected chi connectivity index (χ1v) is 10.8. The summed E-state index contributed by atoms with van der Waals surface area (Å²) in [5.41, 5.74) is 5.27. The van der Waals surface area contributed by atoms with Gasteiger partial charge in [-0.3, -0.25) is 0 Å². The summed E-state index contributed by atoms with van der Waals surface area (Å²) in [7, 11) is -3.95. The van der Waals surface area contributed by atoms with Crippen molar-refractivity contribution >= 4 is 21.6 Å². The fourth-order valence-electron chi connectivity index (χ4n) is 4.11. The van der Waals surface area contributed by atoms with Crippen molar-refractivity contribution in [1.82, 2.24) is 4.72 Å². The van der Waals surface area contributed by atoms with Crippen LogP contribution < -0.4 is 10.0 Å². The molecule has 0 saturated carbocycles. The first kappa shape index (κ1) is 19.3. The fourth-order valence-corrected chi connectivity index (χ4v) is 5.34. The van der Waals surface area contributed by atoms with Crippen molar-refractivity contribution in [2.45, 2.75) is 43.4 Å². The maximum atomic E-state index is 14.2. The SMILES string of the molecule is [C-]#[N+]N=S(=O)(NC(=O)Nc1c2c(cc3c1CCC3)CCC2)c1ccc(F)cc1F. The molecule has 9 heteroatoms. The zero-order valence-electron chi connectivity index (χ0n) is 15.4. The number of nitrogens with one attached hydrogen (secondary N) is 2. The molecule has 0 fully saturated rings. The molecule has 2 amide bonds. The third-order valence-corrected chi connectivity index (χ3v) is 6.99. The van der Waals surface area contributed by atoms with Crippen LogP contribution >= 0.6 is 0 Å². The van der Waals surface area contributed by atoms with Gasteiger partial charge in [0.2, 0.25) is 9.92 Å². The van der Waals surface area contributed by atoms with E-state index in [0.29, 0.717) is 11.8 Å². The maximum absolute atomic E-state index is 14.2. The summed E-state index contributed by atoms with van der Waals surface area (Å²) >= 11 is 0. The van der Waals surface area contributed by atoms with Gasteiger partial charge in [-0.1, -0.05) is 6.07 Å². The molecule has 0 heterocycles. The highest BCUT2D eigenvalue weighted by Crippen LogP contribution is 2.38. The smallest absolute Gasteiger partial charge is 0.307 e. The topological polar surface area (TPSA) is 74.9 Å². The Morgan fingerprint density at radius 2 is 1.72 bits per heavy atom. The van der Waals surface area contributed by atoms with E-state index >= 15 is 0 Å². The molecule has 4 rings (SSSR count). The number of fused-ring (bicyclic) bond motifs is 2. The summed E-state index contributed by atoms with van der Waals surface area (Å²) in [5.74, 6) is -2.01. The molecule has 2 aromatic carbocycles. The second-order valence-electron chi connectivity index (χ2n) is 7.07. The molecule has 29 heavy (non-hydrogen) atoms. The largest absolute Gasteiger partial charge is 0.332 e. The molecule has 0 bridgehead atoms. The van der Waals surface area contributed by atoms with Crippen LogP contribution in [0.4, 0.5) is 19.3 Å². The van der Waals surface area contributed by atoms with Gasteiger partial charge < -0.3 is 5.32 Å². The Morgan fingerprint density at radius 1 is 1.07 bits per heavy atom. The molecule has 6 nitrogen and oxygen atoms in total. The molecule has 150 valence electrons. The highest BCUT2D eigenvalue weighted by atomic mass is 32.2. The number of rotatable bonds is 3. The van der Waals surface area contributed by atoms with Crippen LogP contribution in [0.5, 0.6) is 0 Å². The highest BCUT2D eigenvalue weighted by molar-refractivity contribution is 7.92. The highest BCUT2D eigenvalue weighted by Gasteiger charge is 2.28. The van der Waals surface area contributed by atoms with Crippen LogP contribution in [-0.2, 0) is 35.6 Å². The van der Waals surface area contributed by atoms with Crippen LogP contribution in [0, 0.1) is 18.2 Å². The van der Waals surface area contributed by atoms with Gasteiger partial charge in [0.15, 0.2) is 4.47 Å². The van der Waals surface area contributed by atoms with Crippen LogP contribution in [0.3, 0.4) is 0 Å². The molecule has 0 aliphatic heterocycles. The maximum Gasteiger partial charge on any atom is 0.332 e. The van der Waals surface area contributed by atoms with Gasteiger partial charge in [-0.2, -0.15) is 6.57 Å². The van der Waals surface area contributed by atoms with Crippen molar-refractivity contribution < 1.29 is 17.8 Å². The van der Waals surface area contributed by atoms with E-state index < -0.39 is 32.5 Å². The van der Waals surface area contributed by atoms with Crippen molar-refractivity contribution in [1.29, 1.82) is 0 Å². The monoisotopic (exact) mass is 416 g/mol. The number of anilines is 1. The number of hydrogen-bond donors (Lipinski definition) is 2. The van der Waals surface area contributed by atoms with Gasteiger partial charge in [-0.25, -0.2) is 22.5 Å². The second-order valence-corrected chi connectivity index (χ2v) is 8.93. The van der Waals surface area contributed by atoms with Crippen molar-refractivity contribution in [3.63, 3.8) is 0 Å². The van der Waals surface area contributed by atoms with Gasteiger partial charge in [0, 0.05) is 11.8 Å². The number of hydrogen-bond acceptors (Lipinski definition) is 3. The Hall–Kier alpha value is -2.99. The van der Waals surface area contributed by atoms with E-state index in [1.165, 1.54) is 11.1 Å². The Labute approximate surface area is 167 Å². The van der Waals surface area contributed by atoms with E-state index in [9.17, 15) is 17.8 Å². The van der Waals surface area contributed by atoms with Gasteiger partial charge in [0.25, 0.3) is 0 Å². The lowest BCUT2D eigenvalue weighted by Gasteiger charge is -2.17. The van der Waals surface area contributed by atoms with Crippen molar-refractivity contribution in [2.75, 3.05) is 5.32 Å². The molecule has 0 radical (unpaired) electrons. The Kier molecular flexibility index (Phi) is 4.96. The molecule has 2 aliphatic rings. The van der Waals surface area contributed by atoms with Gasteiger partial charge in [-0.15, -0.1) is 4.95 Å². The molecule has 0 saturated heterocycles. The van der Waals surface area contributed by atoms with Crippen molar-refractivity contribution in [3.05, 3.63) is 69.7 Å². The first-order chi connectivity index (χ1) is 13.9. The Balaban J connectivity index is 1.67. The standard InChI is InChI=1S/C20H18F2N4O2S/c1-23-26-29(28,18-9-8-14(21)11-17(18)22)25-20(27)24-19-15-6-2-4-12(15)10-13-5-3-7-16(13)19/h8-11H,2-7H2,(H2,24,25,26,27,28). The minimum absolute atomic E-state index is 0.533. The van der Waals surface area contributed by atoms with Gasteiger partial charge in [0.05, 0.1) is 0 Å². The number of benzene rings is 2. The minimum atomic E-state index is -3.95. The van der Waals surface area contributed by atoms with Gasteiger partial charge >= 0.3 is 6.03 Å². The minimum Gasteiger partial charge on any atom is -0.307 e. The average molecular weight is 416 g/mol. The van der Waals surface area contributed by atoms with Crippen LogP contribution in [0.25, 0.3) is 4.95 Å². The van der Waals surface area contributed by atoms with E-state index in [1.54, 1.807) is 0 Å². The lowest BCUT2D eigenvalue weighted by atomic mass is 9.99. The number of carbonyl (C=O) groups excluding carboxylic acids is 1. The molecule has 2 aliphatic carbocycles. The molecule has 1 atom stereocenters. The summed E-state index contributed by atoms with van der Waals surface area (Å²) in [4.78, 5) is 14.9. The van der Waals surface area contributed by atoms with Crippen molar-refractivity contribution in [2.24, 2.45) is 4.47 Å².